The number of hydrogen-bond donors (Lipinski definition) is 2. The van der Waals surface area contributed by atoms with Gasteiger partial charge in [0.05, 0.1) is 19.2 Å². The maximum atomic E-state index is 12.3. The zero-order valence-corrected chi connectivity index (χ0v) is 15.5. The molecule has 0 spiro atoms. The fourth-order valence-corrected chi connectivity index (χ4v) is 3.06. The highest BCUT2D eigenvalue weighted by Gasteiger charge is 2.44. The number of urea groups is 1. The van der Waals surface area contributed by atoms with Gasteiger partial charge in [-0.15, -0.1) is 0 Å². The van der Waals surface area contributed by atoms with Crippen LogP contribution in [0.3, 0.4) is 0 Å². The van der Waals surface area contributed by atoms with Crippen LogP contribution in [0.15, 0.2) is 0 Å². The standard InChI is InChI=1S/C16H29N5O4/c1-16(2)14(24)21(15(25)17-16)10-12(22)9-19(4)11-13(23)20-7-5-18(3)6-8-20/h12,22H,5-11H2,1-4H3,(H,17,25)/t12-/m0/s1. The minimum atomic E-state index is -0.944. The highest BCUT2D eigenvalue weighted by molar-refractivity contribution is 6.06. The summed E-state index contributed by atoms with van der Waals surface area (Å²) in [5, 5.41) is 12.8. The summed E-state index contributed by atoms with van der Waals surface area (Å²) in [6.45, 7) is 6.72. The van der Waals surface area contributed by atoms with Crippen molar-refractivity contribution in [3.05, 3.63) is 0 Å². The normalized spacial score (nSPS) is 22.5. The number of nitrogens with one attached hydrogen (secondary N) is 1. The number of aliphatic hydroxyl groups is 1. The number of imide groups is 1. The molecule has 0 radical (unpaired) electrons. The van der Waals surface area contributed by atoms with E-state index in [-0.39, 0.29) is 31.4 Å². The molecule has 2 aliphatic rings. The first kappa shape index (κ1) is 19.6. The molecule has 9 nitrogen and oxygen atoms in total. The molecule has 0 aromatic carbocycles. The van der Waals surface area contributed by atoms with E-state index in [0.29, 0.717) is 13.1 Å². The Balaban J connectivity index is 1.78. The van der Waals surface area contributed by atoms with Crippen molar-refractivity contribution >= 4 is 17.8 Å². The van der Waals surface area contributed by atoms with Crippen molar-refractivity contribution in [1.29, 1.82) is 0 Å². The van der Waals surface area contributed by atoms with Crippen molar-refractivity contribution in [2.24, 2.45) is 0 Å². The van der Waals surface area contributed by atoms with Crippen molar-refractivity contribution < 1.29 is 19.5 Å². The predicted molar refractivity (Wildman–Crippen MR) is 91.9 cm³/mol. The van der Waals surface area contributed by atoms with Gasteiger partial charge in [-0.3, -0.25) is 19.4 Å². The van der Waals surface area contributed by atoms with E-state index in [4.69, 9.17) is 0 Å². The molecule has 2 fully saturated rings. The Kier molecular flexibility index (Phi) is 6.02. The molecule has 2 heterocycles. The second-order valence-corrected chi connectivity index (χ2v) is 7.51. The van der Waals surface area contributed by atoms with Gasteiger partial charge < -0.3 is 20.2 Å². The van der Waals surface area contributed by atoms with Gasteiger partial charge in [0, 0.05) is 32.7 Å². The first-order chi connectivity index (χ1) is 11.6. The van der Waals surface area contributed by atoms with Crippen LogP contribution in [-0.4, -0.2) is 114 Å². The molecular formula is C16H29N5O4. The Morgan fingerprint density at radius 2 is 1.88 bits per heavy atom. The topological polar surface area (TPSA) is 96.4 Å². The van der Waals surface area contributed by atoms with Crippen molar-refractivity contribution in [2.75, 3.05) is 59.9 Å². The SMILES string of the molecule is CN1CCN(C(=O)CN(C)C[C@H](O)CN2C(=O)NC(C)(C)C2=O)CC1. The number of β-amino-alcohol motifs (C(OH)–C–C–N with tert-alkyl or cyclic N) is 1. The van der Waals surface area contributed by atoms with Crippen LogP contribution in [-0.2, 0) is 9.59 Å². The molecule has 0 saturated carbocycles. The van der Waals surface area contributed by atoms with E-state index in [9.17, 15) is 19.5 Å². The third kappa shape index (κ3) is 4.90. The van der Waals surface area contributed by atoms with Crippen LogP contribution < -0.4 is 5.32 Å². The van der Waals surface area contributed by atoms with Crippen LogP contribution in [0, 0.1) is 0 Å². The van der Waals surface area contributed by atoms with E-state index in [0.717, 1.165) is 18.0 Å². The van der Waals surface area contributed by atoms with Crippen LogP contribution in [0.1, 0.15) is 13.8 Å². The quantitative estimate of drug-likeness (QED) is 0.556. The van der Waals surface area contributed by atoms with E-state index in [2.05, 4.69) is 10.2 Å². The molecule has 4 amide bonds. The molecule has 1 atom stereocenters. The largest absolute Gasteiger partial charge is 0.390 e. The number of rotatable bonds is 6. The number of carbonyl (C=O) groups is 3. The first-order valence-electron chi connectivity index (χ1n) is 8.57. The molecule has 2 aliphatic heterocycles. The lowest BCUT2D eigenvalue weighted by atomic mass is 10.1. The van der Waals surface area contributed by atoms with Crippen LogP contribution in [0.5, 0.6) is 0 Å². The van der Waals surface area contributed by atoms with Gasteiger partial charge in [0.2, 0.25) is 5.91 Å². The number of likely N-dealkylation sites (N-methyl/N-ethyl adjacent to an activating group) is 2. The number of aliphatic hydroxyl groups excluding tert-OH is 1. The summed E-state index contributed by atoms with van der Waals surface area (Å²) in [6.07, 6.45) is -0.908. The van der Waals surface area contributed by atoms with Gasteiger partial charge in [-0.05, 0) is 27.9 Å². The van der Waals surface area contributed by atoms with E-state index in [1.807, 2.05) is 11.9 Å². The third-order valence-corrected chi connectivity index (χ3v) is 4.62. The summed E-state index contributed by atoms with van der Waals surface area (Å²) in [7, 11) is 3.77. The number of hydrogen-bond acceptors (Lipinski definition) is 6. The molecule has 2 rings (SSSR count). The second-order valence-electron chi connectivity index (χ2n) is 7.51. The van der Waals surface area contributed by atoms with E-state index >= 15 is 0 Å². The van der Waals surface area contributed by atoms with Gasteiger partial charge in [-0.1, -0.05) is 0 Å². The Morgan fingerprint density at radius 3 is 2.40 bits per heavy atom. The van der Waals surface area contributed by atoms with Gasteiger partial charge in [-0.2, -0.15) is 0 Å². The monoisotopic (exact) mass is 355 g/mol. The molecule has 0 aliphatic carbocycles. The summed E-state index contributed by atoms with van der Waals surface area (Å²) < 4.78 is 0. The Hall–Kier alpha value is -1.71. The van der Waals surface area contributed by atoms with Crippen molar-refractivity contribution in [3.63, 3.8) is 0 Å². The van der Waals surface area contributed by atoms with Gasteiger partial charge in [0.15, 0.2) is 0 Å². The highest BCUT2D eigenvalue weighted by Crippen LogP contribution is 2.16. The Bertz CT molecular complexity index is 531. The van der Waals surface area contributed by atoms with E-state index in [1.165, 1.54) is 0 Å². The number of nitrogens with zero attached hydrogens (tertiary/aromatic N) is 4. The lowest BCUT2D eigenvalue weighted by molar-refractivity contribution is -0.134. The van der Waals surface area contributed by atoms with Gasteiger partial charge >= 0.3 is 6.03 Å². The first-order valence-corrected chi connectivity index (χ1v) is 8.57. The molecular weight excluding hydrogens is 326 g/mol. The molecule has 2 saturated heterocycles. The molecule has 142 valence electrons. The summed E-state index contributed by atoms with van der Waals surface area (Å²) in [6, 6.07) is -0.495. The average molecular weight is 355 g/mol. The maximum absolute atomic E-state index is 12.3. The lowest BCUT2D eigenvalue weighted by Crippen LogP contribution is -2.50. The maximum Gasteiger partial charge on any atom is 0.325 e. The number of piperazine rings is 1. The van der Waals surface area contributed by atoms with Gasteiger partial charge in [0.1, 0.15) is 5.54 Å². The molecule has 0 unspecified atom stereocenters. The van der Waals surface area contributed by atoms with Crippen molar-refractivity contribution in [1.82, 2.24) is 24.9 Å². The van der Waals surface area contributed by atoms with Crippen LogP contribution >= 0.6 is 0 Å². The molecule has 9 heteroatoms. The number of carbonyl (C=O) groups excluding carboxylic acids is 3. The smallest absolute Gasteiger partial charge is 0.325 e. The fraction of sp³-hybridized carbons (Fsp3) is 0.812. The Morgan fingerprint density at radius 1 is 1.28 bits per heavy atom. The highest BCUT2D eigenvalue weighted by atomic mass is 16.3. The minimum Gasteiger partial charge on any atom is -0.390 e. The van der Waals surface area contributed by atoms with Crippen LogP contribution in [0.25, 0.3) is 0 Å². The van der Waals surface area contributed by atoms with Crippen molar-refractivity contribution in [2.45, 2.75) is 25.5 Å². The molecule has 25 heavy (non-hydrogen) atoms. The summed E-state index contributed by atoms with van der Waals surface area (Å²) in [5.41, 5.74) is -0.944. The summed E-state index contributed by atoms with van der Waals surface area (Å²) in [5.74, 6) is -0.327. The van der Waals surface area contributed by atoms with Gasteiger partial charge in [0.25, 0.3) is 5.91 Å². The molecule has 0 aromatic heterocycles. The fourth-order valence-electron chi connectivity index (χ4n) is 3.06. The van der Waals surface area contributed by atoms with Crippen molar-refractivity contribution in [3.8, 4) is 0 Å². The zero-order chi connectivity index (χ0) is 18.8. The summed E-state index contributed by atoms with van der Waals surface area (Å²) >= 11 is 0. The molecule has 0 aromatic rings. The van der Waals surface area contributed by atoms with Gasteiger partial charge in [-0.25, -0.2) is 4.79 Å². The zero-order valence-electron chi connectivity index (χ0n) is 15.5. The predicted octanol–water partition coefficient (Wildman–Crippen LogP) is -1.62. The Labute approximate surface area is 148 Å². The minimum absolute atomic E-state index is 0.0268. The lowest BCUT2D eigenvalue weighted by Gasteiger charge is -2.33. The van der Waals surface area contributed by atoms with Crippen LogP contribution in [0.4, 0.5) is 4.79 Å². The number of amides is 4. The van der Waals surface area contributed by atoms with Crippen LogP contribution in [0.2, 0.25) is 0 Å². The second kappa shape index (κ2) is 7.67. The summed E-state index contributed by atoms with van der Waals surface area (Å²) in [4.78, 5) is 43.0. The third-order valence-electron chi connectivity index (χ3n) is 4.62. The van der Waals surface area contributed by atoms with E-state index in [1.54, 1.807) is 25.8 Å². The van der Waals surface area contributed by atoms with E-state index < -0.39 is 17.7 Å². The molecule has 2 N–H and O–H groups in total. The molecule has 0 bridgehead atoms. The average Bonchev–Trinajstić information content (AvgIpc) is 2.69.